The molecule has 116 valence electrons. The number of hydrogen-bond acceptors (Lipinski definition) is 4. The van der Waals surface area contributed by atoms with E-state index in [2.05, 4.69) is 5.32 Å². The van der Waals surface area contributed by atoms with E-state index >= 15 is 0 Å². The minimum Gasteiger partial charge on any atom is -0.315 e. The molecule has 1 aliphatic rings. The van der Waals surface area contributed by atoms with Gasteiger partial charge >= 0.3 is 0 Å². The lowest BCUT2D eigenvalue weighted by atomic mass is 10.3. The molecule has 21 heavy (non-hydrogen) atoms. The molecule has 1 aliphatic heterocycles. The Kier molecular flexibility index (Phi) is 5.51. The fourth-order valence-electron chi connectivity index (χ4n) is 2.38. The highest BCUT2D eigenvalue weighted by Gasteiger charge is 2.27. The van der Waals surface area contributed by atoms with E-state index in [0.717, 1.165) is 23.1 Å². The number of halogens is 2. The Balaban J connectivity index is 0.00000161. The van der Waals surface area contributed by atoms with Crippen LogP contribution < -0.4 is 5.32 Å². The number of nitrogens with one attached hydrogen (secondary N) is 1. The molecular formula is C13H16Cl2N2O2S2. The molecular weight excluding hydrogens is 351 g/mol. The first-order valence-electron chi connectivity index (χ1n) is 6.47. The maximum absolute atomic E-state index is 12.8. The summed E-state index contributed by atoms with van der Waals surface area (Å²) in [6, 6.07) is 5.38. The molecule has 1 saturated heterocycles. The van der Waals surface area contributed by atoms with E-state index < -0.39 is 10.0 Å². The summed E-state index contributed by atoms with van der Waals surface area (Å²) in [5.74, 6) is 0. The van der Waals surface area contributed by atoms with Crippen molar-refractivity contribution in [3.63, 3.8) is 0 Å². The molecule has 0 amide bonds. The summed E-state index contributed by atoms with van der Waals surface area (Å²) in [5.41, 5.74) is 0. The number of thiophene rings is 1. The Bertz CT molecular complexity index is 723. The average molecular weight is 367 g/mol. The van der Waals surface area contributed by atoms with Crippen LogP contribution in [-0.2, 0) is 10.0 Å². The summed E-state index contributed by atoms with van der Waals surface area (Å²) >= 11 is 7.43. The Hall–Kier alpha value is -0.370. The van der Waals surface area contributed by atoms with Gasteiger partial charge in [0.25, 0.3) is 0 Å². The van der Waals surface area contributed by atoms with E-state index in [1.807, 2.05) is 6.07 Å². The SMILES string of the molecule is Cl.O=S(=O)(c1csc2ccc(Cl)cc12)N1CCCNCC1. The molecule has 0 saturated carbocycles. The zero-order valence-electron chi connectivity index (χ0n) is 11.2. The van der Waals surface area contributed by atoms with Crippen molar-refractivity contribution < 1.29 is 8.42 Å². The number of nitrogens with zero attached hydrogens (tertiary/aromatic N) is 1. The van der Waals surface area contributed by atoms with Gasteiger partial charge in [0.2, 0.25) is 10.0 Å². The normalized spacial score (nSPS) is 17.4. The number of benzene rings is 1. The third-order valence-electron chi connectivity index (χ3n) is 3.42. The van der Waals surface area contributed by atoms with Crippen LogP contribution in [0.3, 0.4) is 0 Å². The highest BCUT2D eigenvalue weighted by Crippen LogP contribution is 2.33. The quantitative estimate of drug-likeness (QED) is 0.888. The molecule has 0 aliphatic carbocycles. The zero-order chi connectivity index (χ0) is 14.2. The molecule has 0 bridgehead atoms. The minimum absolute atomic E-state index is 0. The van der Waals surface area contributed by atoms with E-state index in [4.69, 9.17) is 11.6 Å². The summed E-state index contributed by atoms with van der Waals surface area (Å²) in [5, 5.41) is 6.22. The maximum Gasteiger partial charge on any atom is 0.244 e. The molecule has 4 nitrogen and oxygen atoms in total. The third kappa shape index (κ3) is 3.36. The first-order valence-corrected chi connectivity index (χ1v) is 9.16. The van der Waals surface area contributed by atoms with E-state index in [0.29, 0.717) is 29.6 Å². The van der Waals surface area contributed by atoms with Crippen LogP contribution in [0.15, 0.2) is 28.5 Å². The lowest BCUT2D eigenvalue weighted by molar-refractivity contribution is 0.432. The van der Waals surface area contributed by atoms with Crippen LogP contribution in [0, 0.1) is 0 Å². The van der Waals surface area contributed by atoms with Crippen molar-refractivity contribution in [2.75, 3.05) is 26.2 Å². The molecule has 1 aromatic carbocycles. The molecule has 0 radical (unpaired) electrons. The lowest BCUT2D eigenvalue weighted by Crippen LogP contribution is -2.34. The van der Waals surface area contributed by atoms with Gasteiger partial charge in [-0.2, -0.15) is 4.31 Å². The van der Waals surface area contributed by atoms with Crippen molar-refractivity contribution in [3.05, 3.63) is 28.6 Å². The minimum atomic E-state index is -3.44. The second-order valence-electron chi connectivity index (χ2n) is 4.75. The standard InChI is InChI=1S/C13H15ClN2O2S2.ClH/c14-10-2-3-12-11(8-10)13(9-19-12)20(17,18)16-6-1-4-15-5-7-16;/h2-3,8-9,15H,1,4-7H2;1H. The van der Waals surface area contributed by atoms with Gasteiger partial charge in [-0.1, -0.05) is 11.6 Å². The van der Waals surface area contributed by atoms with Gasteiger partial charge in [0.05, 0.1) is 0 Å². The van der Waals surface area contributed by atoms with Crippen molar-refractivity contribution >= 4 is 55.5 Å². The third-order valence-corrected chi connectivity index (χ3v) is 6.70. The van der Waals surface area contributed by atoms with Crippen molar-refractivity contribution in [3.8, 4) is 0 Å². The van der Waals surface area contributed by atoms with Crippen LogP contribution >= 0.6 is 35.3 Å². The highest BCUT2D eigenvalue weighted by molar-refractivity contribution is 7.89. The lowest BCUT2D eigenvalue weighted by Gasteiger charge is -2.19. The Labute approximate surface area is 139 Å². The van der Waals surface area contributed by atoms with Crippen LogP contribution in [-0.4, -0.2) is 38.9 Å². The zero-order valence-corrected chi connectivity index (χ0v) is 14.4. The fraction of sp³-hybridized carbons (Fsp3) is 0.385. The van der Waals surface area contributed by atoms with Crippen molar-refractivity contribution in [1.82, 2.24) is 9.62 Å². The average Bonchev–Trinajstić information content (AvgIpc) is 2.65. The largest absolute Gasteiger partial charge is 0.315 e. The Morgan fingerprint density at radius 2 is 2.05 bits per heavy atom. The monoisotopic (exact) mass is 366 g/mol. The summed E-state index contributed by atoms with van der Waals surface area (Å²) in [7, 11) is -3.44. The summed E-state index contributed by atoms with van der Waals surface area (Å²) in [4.78, 5) is 0.377. The van der Waals surface area contributed by atoms with E-state index in [1.54, 1.807) is 21.8 Å². The van der Waals surface area contributed by atoms with Gasteiger partial charge in [-0.15, -0.1) is 23.7 Å². The van der Waals surface area contributed by atoms with Crippen molar-refractivity contribution in [2.24, 2.45) is 0 Å². The van der Waals surface area contributed by atoms with Gasteiger partial charge in [-0.05, 0) is 31.2 Å². The van der Waals surface area contributed by atoms with Gasteiger partial charge in [-0.3, -0.25) is 0 Å². The second-order valence-corrected chi connectivity index (χ2v) is 8.00. The van der Waals surface area contributed by atoms with Crippen molar-refractivity contribution in [1.29, 1.82) is 0 Å². The number of sulfonamides is 1. The summed E-state index contributed by atoms with van der Waals surface area (Å²) < 4.78 is 28.1. The number of fused-ring (bicyclic) bond motifs is 1. The van der Waals surface area contributed by atoms with Crippen LogP contribution in [0.5, 0.6) is 0 Å². The van der Waals surface area contributed by atoms with E-state index in [9.17, 15) is 8.42 Å². The fourth-order valence-corrected chi connectivity index (χ4v) is 5.48. The van der Waals surface area contributed by atoms with Gasteiger partial charge in [0.15, 0.2) is 0 Å². The smallest absolute Gasteiger partial charge is 0.244 e. The molecule has 1 aromatic heterocycles. The van der Waals surface area contributed by atoms with Crippen LogP contribution in [0.2, 0.25) is 5.02 Å². The first kappa shape index (κ1) is 17.0. The highest BCUT2D eigenvalue weighted by atomic mass is 35.5. The van der Waals surface area contributed by atoms with Gasteiger partial charge in [0.1, 0.15) is 4.90 Å². The maximum atomic E-state index is 12.8. The molecule has 0 unspecified atom stereocenters. The predicted molar refractivity (Wildman–Crippen MR) is 90.3 cm³/mol. The van der Waals surface area contributed by atoms with Crippen molar-refractivity contribution in [2.45, 2.75) is 11.3 Å². The molecule has 2 heterocycles. The van der Waals surface area contributed by atoms with Gasteiger partial charge in [0, 0.05) is 40.1 Å². The predicted octanol–water partition coefficient (Wildman–Crippen LogP) is 2.96. The molecule has 3 rings (SSSR count). The summed E-state index contributed by atoms with van der Waals surface area (Å²) in [6.45, 7) is 2.64. The van der Waals surface area contributed by atoms with Crippen LogP contribution in [0.1, 0.15) is 6.42 Å². The van der Waals surface area contributed by atoms with Crippen LogP contribution in [0.25, 0.3) is 10.1 Å². The Morgan fingerprint density at radius 3 is 2.86 bits per heavy atom. The number of hydrogen-bond donors (Lipinski definition) is 1. The molecule has 0 atom stereocenters. The van der Waals surface area contributed by atoms with E-state index in [1.165, 1.54) is 11.3 Å². The van der Waals surface area contributed by atoms with E-state index in [-0.39, 0.29) is 12.4 Å². The topological polar surface area (TPSA) is 49.4 Å². The molecule has 1 N–H and O–H groups in total. The van der Waals surface area contributed by atoms with Crippen LogP contribution in [0.4, 0.5) is 0 Å². The first-order chi connectivity index (χ1) is 9.59. The second kappa shape index (κ2) is 6.81. The summed E-state index contributed by atoms with van der Waals surface area (Å²) in [6.07, 6.45) is 0.835. The Morgan fingerprint density at radius 1 is 1.24 bits per heavy atom. The molecule has 2 aromatic rings. The molecule has 0 spiro atoms. The molecule has 8 heteroatoms. The van der Waals surface area contributed by atoms with Gasteiger partial charge in [-0.25, -0.2) is 8.42 Å². The molecule has 1 fully saturated rings. The van der Waals surface area contributed by atoms with Gasteiger partial charge < -0.3 is 5.32 Å². The number of rotatable bonds is 2.